The summed E-state index contributed by atoms with van der Waals surface area (Å²) in [5.41, 5.74) is 0.239. The van der Waals surface area contributed by atoms with Gasteiger partial charge in [0.1, 0.15) is 12.3 Å². The third-order valence-electron chi connectivity index (χ3n) is 1.96. The Labute approximate surface area is 101 Å². The maximum Gasteiger partial charge on any atom is 0.407 e. The first-order valence-electron chi connectivity index (χ1n) is 4.86. The van der Waals surface area contributed by atoms with E-state index in [1.807, 2.05) is 0 Å². The Balaban J connectivity index is 2.70. The van der Waals surface area contributed by atoms with Crippen molar-refractivity contribution in [2.24, 2.45) is 5.84 Å². The van der Waals surface area contributed by atoms with Crippen molar-refractivity contribution in [1.29, 1.82) is 0 Å². The number of anilines is 1. The molecule has 0 aliphatic rings. The number of carbonyl (C=O) groups is 1. The van der Waals surface area contributed by atoms with Gasteiger partial charge in [-0.1, -0.05) is 12.1 Å². The third-order valence-corrected chi connectivity index (χ3v) is 1.96. The lowest BCUT2D eigenvalue weighted by atomic mass is 10.3. The Morgan fingerprint density at radius 2 is 2.06 bits per heavy atom. The van der Waals surface area contributed by atoms with E-state index >= 15 is 0 Å². The number of nitrogens with zero attached hydrogens (tertiary/aromatic N) is 1. The van der Waals surface area contributed by atoms with E-state index in [0.29, 0.717) is 5.75 Å². The predicted octanol–water partition coefficient (Wildman–Crippen LogP) is 1.97. The van der Waals surface area contributed by atoms with Gasteiger partial charge >= 0.3 is 12.2 Å². The van der Waals surface area contributed by atoms with Crippen molar-refractivity contribution in [2.75, 3.05) is 19.0 Å². The molecule has 0 fully saturated rings. The van der Waals surface area contributed by atoms with Gasteiger partial charge in [-0.2, -0.15) is 13.2 Å². The van der Waals surface area contributed by atoms with Gasteiger partial charge in [0.25, 0.3) is 0 Å². The zero-order chi connectivity index (χ0) is 13.8. The fraction of sp³-hybridized carbons (Fsp3) is 0.300. The Morgan fingerprint density at radius 1 is 1.44 bits per heavy atom. The van der Waals surface area contributed by atoms with Gasteiger partial charge in [-0.3, -0.25) is 5.01 Å². The van der Waals surface area contributed by atoms with Crippen LogP contribution in [0.1, 0.15) is 0 Å². The summed E-state index contributed by atoms with van der Waals surface area (Å²) in [6, 6.07) is 5.22. The molecule has 1 aromatic rings. The Morgan fingerprint density at radius 3 is 2.61 bits per heavy atom. The minimum absolute atomic E-state index is 0.0481. The lowest BCUT2D eigenvalue weighted by Gasteiger charge is -2.19. The number of alkyl halides is 3. The molecule has 5 nitrogen and oxygen atoms in total. The highest BCUT2D eigenvalue weighted by Gasteiger charge is 2.32. The van der Waals surface area contributed by atoms with Crippen LogP contribution in [0.2, 0.25) is 0 Å². The number of nitrogens with one attached hydrogen (secondary N) is 1. The number of nitrogens with two attached hydrogens (primary N) is 1. The molecule has 0 saturated heterocycles. The summed E-state index contributed by atoms with van der Waals surface area (Å²) < 4.78 is 41.0. The number of halogens is 3. The number of carbonyl (C=O) groups excluding carboxylic acids is 1. The highest BCUT2D eigenvalue weighted by molar-refractivity contribution is 5.90. The maximum absolute atomic E-state index is 12.0. The van der Waals surface area contributed by atoms with Gasteiger partial charge in [-0.25, -0.2) is 10.6 Å². The minimum Gasteiger partial charge on any atom is -0.495 e. The molecule has 0 atom stereocenters. The number of para-hydroxylation sites is 2. The van der Waals surface area contributed by atoms with Crippen LogP contribution in [0, 0.1) is 0 Å². The molecule has 0 saturated carbocycles. The highest BCUT2D eigenvalue weighted by Crippen LogP contribution is 2.23. The molecule has 18 heavy (non-hydrogen) atoms. The first-order valence-corrected chi connectivity index (χ1v) is 4.86. The van der Waals surface area contributed by atoms with Gasteiger partial charge in [-0.15, -0.1) is 0 Å². The molecule has 8 heteroatoms. The van der Waals surface area contributed by atoms with Gasteiger partial charge in [-0.05, 0) is 12.1 Å². The number of rotatable bonds is 3. The molecule has 100 valence electrons. The predicted molar refractivity (Wildman–Crippen MR) is 59.0 cm³/mol. The van der Waals surface area contributed by atoms with E-state index in [1.54, 1.807) is 18.2 Å². The number of amides is 2. The van der Waals surface area contributed by atoms with Crippen LogP contribution in [0.5, 0.6) is 5.75 Å². The first kappa shape index (κ1) is 14.1. The van der Waals surface area contributed by atoms with Gasteiger partial charge in [0.05, 0.1) is 12.8 Å². The topological polar surface area (TPSA) is 67.6 Å². The molecule has 0 spiro atoms. The SMILES string of the molecule is COc1ccccc1NC(=O)N(N)CC(F)(F)F. The number of urea groups is 1. The molecule has 2 amide bonds. The van der Waals surface area contributed by atoms with Gasteiger partial charge in [0.15, 0.2) is 0 Å². The van der Waals surface area contributed by atoms with Gasteiger partial charge in [0.2, 0.25) is 0 Å². The van der Waals surface area contributed by atoms with E-state index in [-0.39, 0.29) is 10.7 Å². The van der Waals surface area contributed by atoms with E-state index in [1.165, 1.54) is 13.2 Å². The number of hydrogen-bond acceptors (Lipinski definition) is 3. The first-order chi connectivity index (χ1) is 8.33. The largest absolute Gasteiger partial charge is 0.495 e. The van der Waals surface area contributed by atoms with Crippen LogP contribution in [0.25, 0.3) is 0 Å². The van der Waals surface area contributed by atoms with Crippen molar-refractivity contribution in [2.45, 2.75) is 6.18 Å². The zero-order valence-electron chi connectivity index (χ0n) is 9.49. The lowest BCUT2D eigenvalue weighted by molar-refractivity contribution is -0.139. The van der Waals surface area contributed by atoms with E-state index in [0.717, 1.165) is 0 Å². The average molecular weight is 263 g/mol. The van der Waals surface area contributed by atoms with E-state index in [2.05, 4.69) is 5.32 Å². The number of methoxy groups -OCH3 is 1. The van der Waals surface area contributed by atoms with Crippen LogP contribution in [-0.2, 0) is 0 Å². The Bertz CT molecular complexity index is 423. The number of ether oxygens (including phenoxy) is 1. The van der Waals surface area contributed by atoms with Crippen LogP contribution in [0.4, 0.5) is 23.7 Å². The van der Waals surface area contributed by atoms with Crippen LogP contribution < -0.4 is 15.9 Å². The molecule has 0 unspecified atom stereocenters. The summed E-state index contributed by atoms with van der Waals surface area (Å²) >= 11 is 0. The maximum atomic E-state index is 12.0. The molecule has 1 aromatic carbocycles. The van der Waals surface area contributed by atoms with Crippen molar-refractivity contribution in [3.8, 4) is 5.75 Å². The van der Waals surface area contributed by atoms with Crippen LogP contribution in [0.15, 0.2) is 24.3 Å². The van der Waals surface area contributed by atoms with Crippen LogP contribution in [0.3, 0.4) is 0 Å². The Hall–Kier alpha value is -1.96. The monoisotopic (exact) mass is 263 g/mol. The second-order valence-electron chi connectivity index (χ2n) is 3.37. The number of hydrogen-bond donors (Lipinski definition) is 2. The fourth-order valence-electron chi connectivity index (χ4n) is 1.20. The average Bonchev–Trinajstić information content (AvgIpc) is 2.27. The normalized spacial score (nSPS) is 10.9. The molecule has 0 aliphatic carbocycles. The van der Waals surface area contributed by atoms with Crippen LogP contribution in [-0.4, -0.2) is 30.9 Å². The molecular formula is C10H12F3N3O2. The minimum atomic E-state index is -4.55. The van der Waals surface area contributed by atoms with Crippen LogP contribution >= 0.6 is 0 Å². The lowest BCUT2D eigenvalue weighted by Crippen LogP contribution is -2.46. The zero-order valence-corrected chi connectivity index (χ0v) is 9.49. The summed E-state index contributed by atoms with van der Waals surface area (Å²) in [5.74, 6) is 5.33. The van der Waals surface area contributed by atoms with Gasteiger partial charge in [0, 0.05) is 0 Å². The summed E-state index contributed by atoms with van der Waals surface area (Å²) in [5, 5.41) is 2.27. The van der Waals surface area contributed by atoms with E-state index < -0.39 is 18.8 Å². The van der Waals surface area contributed by atoms with Crippen molar-refractivity contribution < 1.29 is 22.7 Å². The number of hydrazine groups is 1. The second kappa shape index (κ2) is 5.58. The van der Waals surface area contributed by atoms with E-state index in [9.17, 15) is 18.0 Å². The highest BCUT2D eigenvalue weighted by atomic mass is 19.4. The molecular weight excluding hydrogens is 251 g/mol. The van der Waals surface area contributed by atoms with Crippen molar-refractivity contribution in [3.63, 3.8) is 0 Å². The van der Waals surface area contributed by atoms with E-state index in [4.69, 9.17) is 10.6 Å². The van der Waals surface area contributed by atoms with Gasteiger partial charge < -0.3 is 10.1 Å². The quantitative estimate of drug-likeness (QED) is 0.497. The Kier molecular flexibility index (Phi) is 4.38. The summed E-state index contributed by atoms with van der Waals surface area (Å²) in [7, 11) is 1.38. The fourth-order valence-corrected chi connectivity index (χ4v) is 1.20. The molecule has 0 heterocycles. The molecule has 0 aromatic heterocycles. The molecule has 0 bridgehead atoms. The smallest absolute Gasteiger partial charge is 0.407 e. The molecule has 1 rings (SSSR count). The third kappa shape index (κ3) is 4.13. The standard InChI is InChI=1S/C10H12F3N3O2/c1-18-8-5-3-2-4-7(8)15-9(17)16(14)6-10(11,12)13/h2-5H,6,14H2,1H3,(H,15,17). The summed E-state index contributed by atoms with van der Waals surface area (Å²) in [4.78, 5) is 11.4. The molecule has 0 aliphatic heterocycles. The van der Waals surface area contributed by atoms with Crippen molar-refractivity contribution >= 4 is 11.7 Å². The molecule has 0 radical (unpaired) electrons. The summed E-state index contributed by atoms with van der Waals surface area (Å²) in [6.45, 7) is -1.53. The second-order valence-corrected chi connectivity index (χ2v) is 3.37. The summed E-state index contributed by atoms with van der Waals surface area (Å²) in [6.07, 6.45) is -4.55. The van der Waals surface area contributed by atoms with Crippen molar-refractivity contribution in [1.82, 2.24) is 5.01 Å². The van der Waals surface area contributed by atoms with Crippen molar-refractivity contribution in [3.05, 3.63) is 24.3 Å². The molecule has 3 N–H and O–H groups in total. The number of benzene rings is 1.